The molecule has 0 amide bonds. The van der Waals surface area contributed by atoms with Gasteiger partial charge in [0, 0.05) is 56.6 Å². The fourth-order valence-corrected chi connectivity index (χ4v) is 13.0. The van der Waals surface area contributed by atoms with Crippen molar-refractivity contribution in [3.8, 4) is 0 Å². The Labute approximate surface area is 753 Å². The number of benzene rings is 4. The average molecular weight is 1660 g/mol. The summed E-state index contributed by atoms with van der Waals surface area (Å²) in [6.45, 7) is 27.1. The molecule has 0 saturated heterocycles. The third-order valence-electron chi connectivity index (χ3n) is 15.5. The topological polar surface area (TPSA) is 446 Å². The molecule has 0 bridgehead atoms. The van der Waals surface area contributed by atoms with Crippen LogP contribution < -0.4 is 187 Å². The van der Waals surface area contributed by atoms with Gasteiger partial charge in [0.2, 0.25) is 0 Å². The molecule has 4 aromatic carbocycles. The molecule has 0 atom stereocenters. The number of hydrogen-bond acceptors (Lipinski definition) is 26. The van der Waals surface area contributed by atoms with Crippen molar-refractivity contribution in [3.05, 3.63) is 217 Å². The van der Waals surface area contributed by atoms with Crippen LogP contribution in [0.4, 0.5) is 22.7 Å². The predicted octanol–water partition coefficient (Wildman–Crippen LogP) is -12.6. The third kappa shape index (κ3) is 32.8. The molecule has 0 unspecified atom stereocenters. The van der Waals surface area contributed by atoms with Crippen molar-refractivity contribution in [1.82, 2.24) is 0 Å². The molecule has 0 aliphatic carbocycles. The third-order valence-corrected chi connectivity index (χ3v) is 18.6. The summed E-state index contributed by atoms with van der Waals surface area (Å²) in [5, 5.41) is 0. The number of hydrogen-bond donors (Lipinski definition) is 0. The number of allylic oxidation sites excluding steroid dienone is 16. The molecule has 4 aromatic rings. The van der Waals surface area contributed by atoms with Gasteiger partial charge in [-0.1, -0.05) is 127 Å². The van der Waals surface area contributed by atoms with Crippen LogP contribution in [-0.2, 0) is 105 Å². The summed E-state index contributed by atoms with van der Waals surface area (Å²) in [6.07, 6.45) is 24.8. The standard InChI is InChI=1S/C32H37N2O6S2.C31H35N2O6S2.6Na.4O3S/c1-7-33-28-19-18-24(42(38,39)40)22-26(28)32(5,6)29(33)16-10-12-23(2)13-11-17-30-31(3,4)25-14-8-9-15-27(25)34(30)20-21-41(35,36)37;1-6-32-27-19-18-23(41(37,38)39)22-25(27)31(4,5)28(32)16-10-8-7-9-11-17-29-30(2,3)24-14-12-13-15-26(24)33(29)20-21-40(34,35)36;;;;;;;4*1-4(2)3/h9-19,22H,1,7,20-21H2,2-6H3,(H,35,36,37)(H,38,39,40);7-11,13-19,22H,1,6,20-21H2,2-5H3,(H,34,35,36)(H,37,38,39);;;;;;;;;;/q2*-1;6*+1;;;;/p-4. The van der Waals surface area contributed by atoms with E-state index in [9.17, 15) is 51.9 Å². The van der Waals surface area contributed by atoms with E-state index in [0.29, 0.717) is 13.1 Å². The van der Waals surface area contributed by atoms with Crippen LogP contribution in [0, 0.1) is 26.0 Å². The number of anilines is 2. The van der Waals surface area contributed by atoms with Gasteiger partial charge in [-0.25, -0.2) is 42.8 Å². The molecular formula is C63H68N4Na6O24S8. The van der Waals surface area contributed by atoms with Crippen molar-refractivity contribution in [2.45, 2.75) is 93.8 Å². The maximum Gasteiger partial charge on any atom is 1.00 e. The minimum atomic E-state index is -4.57. The molecule has 0 N–H and O–H groups in total. The average Bonchev–Trinajstić information content (AvgIpc) is 1.62. The quantitative estimate of drug-likeness (QED) is 0.0293. The number of fused-ring (bicyclic) bond motifs is 4. The van der Waals surface area contributed by atoms with Gasteiger partial charge in [0.15, 0.2) is 24.5 Å². The molecule has 0 fully saturated rings. The van der Waals surface area contributed by atoms with E-state index < -0.39 is 116 Å². The first-order chi connectivity index (χ1) is 45.5. The van der Waals surface area contributed by atoms with E-state index in [0.717, 1.165) is 73.4 Å². The molecule has 42 heteroatoms. The van der Waals surface area contributed by atoms with Crippen LogP contribution >= 0.6 is 0 Å². The smallest absolute Gasteiger partial charge is 0.748 e. The molecule has 0 saturated carbocycles. The van der Waals surface area contributed by atoms with E-state index in [1.165, 1.54) is 24.3 Å². The van der Waals surface area contributed by atoms with Crippen LogP contribution in [0.25, 0.3) is 0 Å². The SMILES string of the molecule is O=S(=O)=O.O=S(=O)=O.O=S(=O)=O.O=S(=O)=O.[CH2-]CN1/C(=C/C=C/C(C)=C/C=C/C2=[N+](CCS(=O)(=O)[O-])c3cc[c-]cc3C2(C)C)C(C)(C)c2cc(S(=O)(=O)[O-])ccc21.[CH2-]CN1/C(=C/C=C/C=C/C=C/C2=[N+](CCS(=O)(=O)[O-])c3cc[c-]cc3C2(C)C)C(C)(C)c2cc(S(=O)(=O)[O-])ccc21.[Na+].[Na+].[Na+].[Na+].[Na+].[Na+]. The first-order valence-electron chi connectivity index (χ1n) is 28.6. The molecule has 4 aliphatic rings. The van der Waals surface area contributed by atoms with Crippen LogP contribution in [0.15, 0.2) is 179 Å². The van der Waals surface area contributed by atoms with Crippen molar-refractivity contribution in [2.75, 3.05) is 47.5 Å². The zero-order valence-corrected chi connectivity index (χ0v) is 79.0. The molecule has 0 aromatic heterocycles. The summed E-state index contributed by atoms with van der Waals surface area (Å²) in [5.74, 6) is -0.993. The Kier molecular flexibility index (Phi) is 49.3. The molecule has 0 spiro atoms. The van der Waals surface area contributed by atoms with E-state index >= 15 is 0 Å². The van der Waals surface area contributed by atoms with E-state index in [4.69, 9.17) is 50.5 Å². The second kappa shape index (κ2) is 47.4. The molecule has 105 heavy (non-hydrogen) atoms. The van der Waals surface area contributed by atoms with Crippen molar-refractivity contribution in [3.63, 3.8) is 0 Å². The fourth-order valence-electron chi connectivity index (χ4n) is 11.2. The minimum absolute atomic E-state index is 0. The normalized spacial score (nSPS) is 16.2. The van der Waals surface area contributed by atoms with Crippen LogP contribution in [0.3, 0.4) is 0 Å². The van der Waals surface area contributed by atoms with Gasteiger partial charge >= 0.3 is 220 Å². The van der Waals surface area contributed by atoms with Crippen LogP contribution in [0.5, 0.6) is 0 Å². The predicted molar refractivity (Wildman–Crippen MR) is 360 cm³/mol. The molecule has 538 valence electrons. The zero-order chi connectivity index (χ0) is 75.6. The molecule has 4 heterocycles. The summed E-state index contributed by atoms with van der Waals surface area (Å²) >= 11 is 0. The summed E-state index contributed by atoms with van der Waals surface area (Å²) < 4.78 is 243. The summed E-state index contributed by atoms with van der Waals surface area (Å²) in [4.78, 5) is 3.50. The van der Waals surface area contributed by atoms with Gasteiger partial charge in [0.05, 0.1) is 21.3 Å². The van der Waals surface area contributed by atoms with E-state index in [1.807, 2.05) is 171 Å². The first kappa shape index (κ1) is 109. The van der Waals surface area contributed by atoms with E-state index in [2.05, 4.69) is 39.8 Å². The van der Waals surface area contributed by atoms with E-state index in [1.54, 1.807) is 24.3 Å². The maximum atomic E-state index is 11.6. The first-order valence-corrected chi connectivity index (χ1v) is 38.5. The van der Waals surface area contributed by atoms with Gasteiger partial charge < -0.3 is 41.9 Å². The van der Waals surface area contributed by atoms with Crippen LogP contribution in [-0.4, -0.2) is 161 Å². The van der Waals surface area contributed by atoms with Gasteiger partial charge in [-0.15, -0.1) is 75.7 Å². The van der Waals surface area contributed by atoms with Crippen molar-refractivity contribution >= 4 is 117 Å². The Morgan fingerprint density at radius 2 is 0.771 bits per heavy atom. The summed E-state index contributed by atoms with van der Waals surface area (Å²) in [5.41, 5.74) is 9.54. The molecule has 8 rings (SSSR count). The fraction of sp³-hybridized carbons (Fsp3) is 0.302. The van der Waals surface area contributed by atoms with Gasteiger partial charge in [0.25, 0.3) is 0 Å². The van der Waals surface area contributed by atoms with Gasteiger partial charge in [-0.05, 0) is 66.6 Å². The Morgan fingerprint density at radius 1 is 0.457 bits per heavy atom. The Bertz CT molecular complexity index is 4940. The Morgan fingerprint density at radius 3 is 1.10 bits per heavy atom. The second-order valence-electron chi connectivity index (χ2n) is 23.2. The minimum Gasteiger partial charge on any atom is -0.748 e. The van der Waals surface area contributed by atoms with Crippen LogP contribution in [0.2, 0.25) is 0 Å². The number of rotatable bonds is 18. The molecule has 28 nitrogen and oxygen atoms in total. The summed E-state index contributed by atoms with van der Waals surface area (Å²) in [6, 6.07) is 26.1. The monoisotopic (exact) mass is 1660 g/mol. The van der Waals surface area contributed by atoms with Crippen molar-refractivity contribution in [1.29, 1.82) is 0 Å². The second-order valence-corrected chi connectivity index (χ2v) is 30.7. The molecule has 0 radical (unpaired) electrons. The van der Waals surface area contributed by atoms with Crippen LogP contribution in [0.1, 0.15) is 84.6 Å². The number of nitrogens with zero attached hydrogens (tertiary/aromatic N) is 4. The maximum absolute atomic E-state index is 11.6. The van der Waals surface area contributed by atoms with Gasteiger partial charge in [-0.3, -0.25) is 0 Å². The van der Waals surface area contributed by atoms with Gasteiger partial charge in [-0.2, -0.15) is 36.4 Å². The van der Waals surface area contributed by atoms with Gasteiger partial charge in [0.1, 0.15) is 51.8 Å². The van der Waals surface area contributed by atoms with Crippen molar-refractivity contribution in [2.24, 2.45) is 0 Å². The Balaban J connectivity index is -0.000000768. The van der Waals surface area contributed by atoms with E-state index in [-0.39, 0.29) is 200 Å². The Hall–Kier alpha value is -2.14. The van der Waals surface area contributed by atoms with Crippen molar-refractivity contribution < 1.29 is 289 Å². The largest absolute Gasteiger partial charge is 1.00 e. The zero-order valence-electron chi connectivity index (χ0n) is 60.4. The molecular weight excluding hydrogens is 1590 g/mol. The summed E-state index contributed by atoms with van der Waals surface area (Å²) in [7, 11) is -30.3. The molecule has 4 aliphatic heterocycles.